The van der Waals surface area contributed by atoms with Gasteiger partial charge in [0.1, 0.15) is 0 Å². The topological polar surface area (TPSA) is 20.2 Å². The summed E-state index contributed by atoms with van der Waals surface area (Å²) in [6.45, 7) is 4.13. The van der Waals surface area contributed by atoms with Crippen molar-refractivity contribution in [1.82, 2.24) is 0 Å². The Bertz CT molecular complexity index is 350. The van der Waals surface area contributed by atoms with Gasteiger partial charge >= 0.3 is 0 Å². The molecule has 100 valence electrons. The Balaban J connectivity index is 1.86. The maximum Gasteiger partial charge on any atom is 0.0761 e. The van der Waals surface area contributed by atoms with Crippen molar-refractivity contribution >= 4 is 11.8 Å². The second-order valence-electron chi connectivity index (χ2n) is 5.41. The highest BCUT2D eigenvalue weighted by Crippen LogP contribution is 2.37. The fourth-order valence-corrected chi connectivity index (χ4v) is 3.86. The molecule has 1 aromatic carbocycles. The van der Waals surface area contributed by atoms with Crippen LogP contribution in [0, 0.1) is 5.92 Å². The van der Waals surface area contributed by atoms with Crippen molar-refractivity contribution in [3.05, 3.63) is 29.8 Å². The van der Waals surface area contributed by atoms with Crippen molar-refractivity contribution in [2.75, 3.05) is 0 Å². The van der Waals surface area contributed by atoms with E-state index in [1.54, 1.807) is 0 Å². The van der Waals surface area contributed by atoms with E-state index in [1.807, 2.05) is 30.8 Å². The molecule has 1 aliphatic rings. The van der Waals surface area contributed by atoms with E-state index in [0.29, 0.717) is 0 Å². The Labute approximate surface area is 115 Å². The molecule has 0 heterocycles. The molecule has 0 amide bonds. The van der Waals surface area contributed by atoms with Crippen LogP contribution in [0.2, 0.25) is 0 Å². The lowest BCUT2D eigenvalue weighted by atomic mass is 9.87. The quantitative estimate of drug-likeness (QED) is 0.843. The van der Waals surface area contributed by atoms with Crippen LogP contribution in [0.15, 0.2) is 29.2 Å². The molecule has 0 saturated heterocycles. The fourth-order valence-electron chi connectivity index (χ4n) is 2.68. The summed E-state index contributed by atoms with van der Waals surface area (Å²) in [6, 6.07) is 8.40. The summed E-state index contributed by atoms with van der Waals surface area (Å²) in [5.74, 6) is 0.972. The molecule has 0 aromatic heterocycles. The minimum Gasteiger partial charge on any atom is -0.389 e. The molecule has 1 atom stereocenters. The van der Waals surface area contributed by atoms with Gasteiger partial charge < -0.3 is 5.11 Å². The summed E-state index contributed by atoms with van der Waals surface area (Å²) in [6.07, 6.45) is 6.52. The van der Waals surface area contributed by atoms with Gasteiger partial charge in [-0.1, -0.05) is 25.5 Å². The van der Waals surface area contributed by atoms with Crippen LogP contribution in [0.3, 0.4) is 0 Å². The lowest BCUT2D eigenvalue weighted by Gasteiger charge is -2.27. The second kappa shape index (κ2) is 6.63. The molecule has 1 nitrogen and oxygen atoms in total. The zero-order valence-corrected chi connectivity index (χ0v) is 12.2. The molecule has 1 fully saturated rings. The first-order valence-electron chi connectivity index (χ1n) is 7.13. The number of aliphatic hydroxyl groups excluding tert-OH is 1. The van der Waals surface area contributed by atoms with E-state index in [2.05, 4.69) is 19.1 Å². The van der Waals surface area contributed by atoms with Gasteiger partial charge in [0.15, 0.2) is 0 Å². The Morgan fingerprint density at radius 2 is 1.78 bits per heavy atom. The van der Waals surface area contributed by atoms with Gasteiger partial charge in [0, 0.05) is 10.1 Å². The van der Waals surface area contributed by atoms with Gasteiger partial charge in [-0.2, -0.15) is 0 Å². The molecule has 2 rings (SSSR count). The molecule has 0 spiro atoms. The SMILES string of the molecule is CCC1CCC(Sc2ccc(C(C)O)cc2)CC1. The van der Waals surface area contributed by atoms with Crippen molar-refractivity contribution in [3.63, 3.8) is 0 Å². The molecule has 0 aliphatic heterocycles. The van der Waals surface area contributed by atoms with Crippen LogP contribution >= 0.6 is 11.8 Å². The molecular formula is C16H24OS. The van der Waals surface area contributed by atoms with Crippen LogP contribution in [-0.4, -0.2) is 10.4 Å². The van der Waals surface area contributed by atoms with Gasteiger partial charge in [-0.25, -0.2) is 0 Å². The van der Waals surface area contributed by atoms with E-state index in [0.717, 1.165) is 16.7 Å². The average molecular weight is 264 g/mol. The fraction of sp³-hybridized carbons (Fsp3) is 0.625. The lowest BCUT2D eigenvalue weighted by molar-refractivity contribution is 0.199. The Morgan fingerprint density at radius 3 is 2.28 bits per heavy atom. The zero-order chi connectivity index (χ0) is 13.0. The smallest absolute Gasteiger partial charge is 0.0761 e. The van der Waals surface area contributed by atoms with E-state index in [9.17, 15) is 5.11 Å². The number of hydrogen-bond acceptors (Lipinski definition) is 2. The molecule has 1 saturated carbocycles. The monoisotopic (exact) mass is 264 g/mol. The maximum absolute atomic E-state index is 9.49. The largest absolute Gasteiger partial charge is 0.389 e. The second-order valence-corrected chi connectivity index (χ2v) is 6.79. The molecule has 0 radical (unpaired) electrons. The molecule has 1 aromatic rings. The zero-order valence-electron chi connectivity index (χ0n) is 11.4. The van der Waals surface area contributed by atoms with Gasteiger partial charge in [-0.05, 0) is 56.2 Å². The number of aliphatic hydroxyl groups is 1. The number of rotatable bonds is 4. The molecular weight excluding hydrogens is 240 g/mol. The Hall–Kier alpha value is -0.470. The number of benzene rings is 1. The first kappa shape index (κ1) is 14.0. The number of thioether (sulfide) groups is 1. The predicted octanol–water partition coefficient (Wildman–Crippen LogP) is 4.80. The van der Waals surface area contributed by atoms with Gasteiger partial charge in [0.25, 0.3) is 0 Å². The highest BCUT2D eigenvalue weighted by atomic mass is 32.2. The highest BCUT2D eigenvalue weighted by molar-refractivity contribution is 8.00. The van der Waals surface area contributed by atoms with E-state index >= 15 is 0 Å². The Kier molecular flexibility index (Phi) is 5.13. The van der Waals surface area contributed by atoms with Gasteiger partial charge in [-0.3, -0.25) is 0 Å². The minimum absolute atomic E-state index is 0.357. The van der Waals surface area contributed by atoms with Crippen molar-refractivity contribution in [2.24, 2.45) is 5.92 Å². The molecule has 1 N–H and O–H groups in total. The standard InChI is InChI=1S/C16H24OS/c1-3-13-4-8-15(9-5-13)18-16-10-6-14(7-11-16)12(2)17/h6-7,10-13,15,17H,3-5,8-9H2,1-2H3. The third-order valence-electron chi connectivity index (χ3n) is 4.04. The maximum atomic E-state index is 9.49. The van der Waals surface area contributed by atoms with E-state index in [-0.39, 0.29) is 6.10 Å². The van der Waals surface area contributed by atoms with Gasteiger partial charge in [0.05, 0.1) is 6.10 Å². The van der Waals surface area contributed by atoms with E-state index in [4.69, 9.17) is 0 Å². The van der Waals surface area contributed by atoms with Crippen LogP contribution < -0.4 is 0 Å². The summed E-state index contributed by atoms with van der Waals surface area (Å²) in [5, 5.41) is 10.3. The summed E-state index contributed by atoms with van der Waals surface area (Å²) in [7, 11) is 0. The van der Waals surface area contributed by atoms with E-state index < -0.39 is 0 Å². The summed E-state index contributed by atoms with van der Waals surface area (Å²) >= 11 is 2.02. The van der Waals surface area contributed by atoms with Crippen molar-refractivity contribution in [1.29, 1.82) is 0 Å². The molecule has 0 bridgehead atoms. The third-order valence-corrected chi connectivity index (χ3v) is 5.39. The van der Waals surface area contributed by atoms with E-state index in [1.165, 1.54) is 37.0 Å². The molecule has 2 heteroatoms. The van der Waals surface area contributed by atoms with Crippen LogP contribution in [0.1, 0.15) is 57.6 Å². The number of hydrogen-bond donors (Lipinski definition) is 1. The van der Waals surface area contributed by atoms with Crippen LogP contribution in [0.25, 0.3) is 0 Å². The third kappa shape index (κ3) is 3.76. The van der Waals surface area contributed by atoms with Gasteiger partial charge in [0.2, 0.25) is 0 Å². The predicted molar refractivity (Wildman–Crippen MR) is 79.0 cm³/mol. The summed E-state index contributed by atoms with van der Waals surface area (Å²) in [5.41, 5.74) is 1.01. The van der Waals surface area contributed by atoms with Crippen molar-refractivity contribution in [3.8, 4) is 0 Å². The molecule has 1 aliphatic carbocycles. The minimum atomic E-state index is -0.357. The molecule has 18 heavy (non-hydrogen) atoms. The molecule has 1 unspecified atom stereocenters. The van der Waals surface area contributed by atoms with Crippen LogP contribution in [-0.2, 0) is 0 Å². The van der Waals surface area contributed by atoms with Gasteiger partial charge in [-0.15, -0.1) is 11.8 Å². The van der Waals surface area contributed by atoms with Crippen LogP contribution in [0.5, 0.6) is 0 Å². The summed E-state index contributed by atoms with van der Waals surface area (Å²) < 4.78 is 0. The Morgan fingerprint density at radius 1 is 1.17 bits per heavy atom. The van der Waals surface area contributed by atoms with Crippen molar-refractivity contribution in [2.45, 2.75) is 62.2 Å². The highest BCUT2D eigenvalue weighted by Gasteiger charge is 2.20. The normalized spacial score (nSPS) is 25.9. The van der Waals surface area contributed by atoms with Crippen molar-refractivity contribution < 1.29 is 5.11 Å². The first-order valence-corrected chi connectivity index (χ1v) is 8.01. The first-order chi connectivity index (χ1) is 8.69. The van der Waals surface area contributed by atoms with Crippen LogP contribution in [0.4, 0.5) is 0 Å². The lowest BCUT2D eigenvalue weighted by Crippen LogP contribution is -2.15. The average Bonchev–Trinajstić information content (AvgIpc) is 2.40. The summed E-state index contributed by atoms with van der Waals surface area (Å²) in [4.78, 5) is 1.35.